The summed E-state index contributed by atoms with van der Waals surface area (Å²) >= 11 is 0. The third-order valence-electron chi connectivity index (χ3n) is 3.23. The molecule has 2 aromatic heterocycles. The summed E-state index contributed by atoms with van der Waals surface area (Å²) in [5, 5.41) is 1.09. The van der Waals surface area contributed by atoms with Crippen LogP contribution in [0.15, 0.2) is 18.6 Å². The summed E-state index contributed by atoms with van der Waals surface area (Å²) in [5.41, 5.74) is 0.898. The smallest absolute Gasteiger partial charge is 0.142 e. The molecule has 17 heavy (non-hydrogen) atoms. The van der Waals surface area contributed by atoms with Crippen molar-refractivity contribution in [2.75, 3.05) is 24.6 Å². The normalized spacial score (nSPS) is 21.0. The number of hydrogen-bond donors (Lipinski definition) is 1. The first-order valence-electron chi connectivity index (χ1n) is 6.03. The molecule has 5 heteroatoms. The van der Waals surface area contributed by atoms with Gasteiger partial charge in [0.05, 0.1) is 18.1 Å². The van der Waals surface area contributed by atoms with Gasteiger partial charge < -0.3 is 14.6 Å². The lowest BCUT2D eigenvalue weighted by molar-refractivity contribution is 0.0382. The molecule has 1 N–H and O–H groups in total. The van der Waals surface area contributed by atoms with Crippen molar-refractivity contribution < 1.29 is 4.74 Å². The Labute approximate surface area is 99.8 Å². The minimum Gasteiger partial charge on any atom is -0.375 e. The fourth-order valence-corrected chi connectivity index (χ4v) is 2.27. The number of fused-ring (bicyclic) bond motifs is 1. The molecule has 1 saturated heterocycles. The van der Waals surface area contributed by atoms with E-state index in [9.17, 15) is 0 Å². The molecule has 0 radical (unpaired) electrons. The largest absolute Gasteiger partial charge is 0.375 e. The first kappa shape index (κ1) is 10.5. The number of anilines is 1. The molecule has 90 valence electrons. The summed E-state index contributed by atoms with van der Waals surface area (Å²) < 4.78 is 5.68. The van der Waals surface area contributed by atoms with Gasteiger partial charge in [0.2, 0.25) is 0 Å². The fraction of sp³-hybridized carbons (Fsp3) is 0.500. The maximum Gasteiger partial charge on any atom is 0.142 e. The highest BCUT2D eigenvalue weighted by atomic mass is 16.5. The van der Waals surface area contributed by atoms with Crippen molar-refractivity contribution in [3.63, 3.8) is 0 Å². The third kappa shape index (κ3) is 1.86. The summed E-state index contributed by atoms with van der Waals surface area (Å²) in [6.45, 7) is 4.73. The van der Waals surface area contributed by atoms with E-state index in [0.717, 1.165) is 43.0 Å². The predicted octanol–water partition coefficient (Wildman–Crippen LogP) is 1.57. The molecule has 3 heterocycles. The Balaban J connectivity index is 1.94. The summed E-state index contributed by atoms with van der Waals surface area (Å²) in [5.74, 6) is 1.01. The van der Waals surface area contributed by atoms with Gasteiger partial charge in [-0.25, -0.2) is 9.97 Å². The Morgan fingerprint density at radius 2 is 2.47 bits per heavy atom. The number of aromatic amines is 1. The zero-order valence-corrected chi connectivity index (χ0v) is 9.89. The van der Waals surface area contributed by atoms with Gasteiger partial charge in [-0.3, -0.25) is 0 Å². The van der Waals surface area contributed by atoms with Gasteiger partial charge in [0.25, 0.3) is 0 Å². The van der Waals surface area contributed by atoms with Crippen LogP contribution >= 0.6 is 0 Å². The SMILES string of the molecule is CCC1CN(c2ncnc3[nH]ccc23)CCO1. The van der Waals surface area contributed by atoms with Gasteiger partial charge in [0.15, 0.2) is 0 Å². The number of H-pyrrole nitrogens is 1. The first-order valence-corrected chi connectivity index (χ1v) is 6.03. The van der Waals surface area contributed by atoms with Gasteiger partial charge in [-0.1, -0.05) is 6.92 Å². The van der Waals surface area contributed by atoms with Gasteiger partial charge in [-0.15, -0.1) is 0 Å². The van der Waals surface area contributed by atoms with E-state index in [-0.39, 0.29) is 0 Å². The lowest BCUT2D eigenvalue weighted by atomic mass is 10.2. The second-order valence-electron chi connectivity index (χ2n) is 4.28. The number of aromatic nitrogens is 3. The van der Waals surface area contributed by atoms with Crippen molar-refractivity contribution in [2.45, 2.75) is 19.4 Å². The summed E-state index contributed by atoms with van der Waals surface area (Å²) in [6, 6.07) is 2.03. The van der Waals surface area contributed by atoms with Crippen molar-refractivity contribution in [2.24, 2.45) is 0 Å². The summed E-state index contributed by atoms with van der Waals surface area (Å²) in [7, 11) is 0. The average Bonchev–Trinajstić information content (AvgIpc) is 2.87. The van der Waals surface area contributed by atoms with E-state index in [2.05, 4.69) is 26.8 Å². The minimum absolute atomic E-state index is 0.313. The molecular weight excluding hydrogens is 216 g/mol. The standard InChI is InChI=1S/C12H16N4O/c1-2-9-7-16(5-6-17-9)12-10-3-4-13-11(10)14-8-15-12/h3-4,8-9H,2,5-7H2,1H3,(H,13,14,15). The minimum atomic E-state index is 0.313. The molecular formula is C12H16N4O. The molecule has 1 aliphatic heterocycles. The van der Waals surface area contributed by atoms with E-state index in [1.165, 1.54) is 0 Å². The third-order valence-corrected chi connectivity index (χ3v) is 3.23. The van der Waals surface area contributed by atoms with Crippen LogP contribution in [0.3, 0.4) is 0 Å². The fourth-order valence-electron chi connectivity index (χ4n) is 2.27. The Morgan fingerprint density at radius 3 is 3.35 bits per heavy atom. The monoisotopic (exact) mass is 232 g/mol. The van der Waals surface area contributed by atoms with Gasteiger partial charge in [-0.05, 0) is 12.5 Å². The Hall–Kier alpha value is -1.62. The number of nitrogens with zero attached hydrogens (tertiary/aromatic N) is 3. The van der Waals surface area contributed by atoms with Crippen LogP contribution in [-0.2, 0) is 4.74 Å². The van der Waals surface area contributed by atoms with E-state index in [1.807, 2.05) is 12.3 Å². The summed E-state index contributed by atoms with van der Waals surface area (Å²) in [4.78, 5) is 14.0. The van der Waals surface area contributed by atoms with Gasteiger partial charge in [-0.2, -0.15) is 0 Å². The molecule has 0 spiro atoms. The number of hydrogen-bond acceptors (Lipinski definition) is 4. The lowest BCUT2D eigenvalue weighted by Crippen LogP contribution is -2.42. The van der Waals surface area contributed by atoms with Gasteiger partial charge >= 0.3 is 0 Å². The van der Waals surface area contributed by atoms with E-state index in [1.54, 1.807) is 6.33 Å². The van der Waals surface area contributed by atoms with Crippen molar-refractivity contribution in [3.8, 4) is 0 Å². The number of morpholine rings is 1. The zero-order valence-electron chi connectivity index (χ0n) is 9.89. The average molecular weight is 232 g/mol. The highest BCUT2D eigenvalue weighted by Gasteiger charge is 2.21. The molecule has 0 saturated carbocycles. The van der Waals surface area contributed by atoms with Crippen molar-refractivity contribution in [1.82, 2.24) is 15.0 Å². The maximum atomic E-state index is 5.68. The first-order chi connectivity index (χ1) is 8.38. The second-order valence-corrected chi connectivity index (χ2v) is 4.28. The Morgan fingerprint density at radius 1 is 1.53 bits per heavy atom. The molecule has 2 aromatic rings. The van der Waals surface area contributed by atoms with Crippen molar-refractivity contribution >= 4 is 16.9 Å². The highest BCUT2D eigenvalue weighted by molar-refractivity contribution is 5.87. The molecule has 1 unspecified atom stereocenters. The zero-order chi connectivity index (χ0) is 11.7. The molecule has 1 fully saturated rings. The predicted molar refractivity (Wildman–Crippen MR) is 66.1 cm³/mol. The summed E-state index contributed by atoms with van der Waals surface area (Å²) in [6.07, 6.45) is 4.87. The Kier molecular flexibility index (Phi) is 2.68. The Bertz CT molecular complexity index is 510. The van der Waals surface area contributed by atoms with Crippen molar-refractivity contribution in [3.05, 3.63) is 18.6 Å². The van der Waals surface area contributed by atoms with Crippen LogP contribution in [0.4, 0.5) is 5.82 Å². The quantitative estimate of drug-likeness (QED) is 0.854. The van der Waals surface area contributed by atoms with Crippen LogP contribution in [0.5, 0.6) is 0 Å². The number of rotatable bonds is 2. The number of ether oxygens (including phenoxy) is 1. The van der Waals surface area contributed by atoms with Crippen LogP contribution in [0.2, 0.25) is 0 Å². The van der Waals surface area contributed by atoms with Gasteiger partial charge in [0.1, 0.15) is 17.8 Å². The highest BCUT2D eigenvalue weighted by Crippen LogP contribution is 2.24. The van der Waals surface area contributed by atoms with Crippen LogP contribution in [0, 0.1) is 0 Å². The molecule has 0 bridgehead atoms. The van der Waals surface area contributed by atoms with Crippen LogP contribution in [-0.4, -0.2) is 40.8 Å². The van der Waals surface area contributed by atoms with E-state index < -0.39 is 0 Å². The van der Waals surface area contributed by atoms with Crippen LogP contribution < -0.4 is 4.90 Å². The van der Waals surface area contributed by atoms with Crippen molar-refractivity contribution in [1.29, 1.82) is 0 Å². The topological polar surface area (TPSA) is 54.0 Å². The molecule has 5 nitrogen and oxygen atoms in total. The molecule has 1 aliphatic rings. The second kappa shape index (κ2) is 4.33. The van der Waals surface area contributed by atoms with E-state index in [0.29, 0.717) is 6.10 Å². The maximum absolute atomic E-state index is 5.68. The van der Waals surface area contributed by atoms with Gasteiger partial charge in [0, 0.05) is 19.3 Å². The molecule has 0 aliphatic carbocycles. The van der Waals surface area contributed by atoms with Crippen LogP contribution in [0.1, 0.15) is 13.3 Å². The molecule has 0 aromatic carbocycles. The van der Waals surface area contributed by atoms with E-state index in [4.69, 9.17) is 4.74 Å². The number of nitrogens with one attached hydrogen (secondary N) is 1. The molecule has 0 amide bonds. The molecule has 1 atom stereocenters. The van der Waals surface area contributed by atoms with E-state index >= 15 is 0 Å². The van der Waals surface area contributed by atoms with Crippen LogP contribution in [0.25, 0.3) is 11.0 Å². The molecule has 3 rings (SSSR count). The lowest BCUT2D eigenvalue weighted by Gasteiger charge is -2.33.